The molecule has 20 heavy (non-hydrogen) atoms. The average Bonchev–Trinajstić information content (AvgIpc) is 2.46. The summed E-state index contributed by atoms with van der Waals surface area (Å²) in [6.07, 6.45) is 3.05. The van der Waals surface area contributed by atoms with E-state index >= 15 is 0 Å². The van der Waals surface area contributed by atoms with E-state index in [1.54, 1.807) is 12.1 Å². The van der Waals surface area contributed by atoms with Crippen molar-refractivity contribution >= 4 is 11.8 Å². The summed E-state index contributed by atoms with van der Waals surface area (Å²) < 4.78 is 0. The highest BCUT2D eigenvalue weighted by molar-refractivity contribution is 5.88. The lowest BCUT2D eigenvalue weighted by Gasteiger charge is -2.37. The number of rotatable bonds is 4. The van der Waals surface area contributed by atoms with Crippen molar-refractivity contribution in [3.63, 3.8) is 0 Å². The van der Waals surface area contributed by atoms with Crippen molar-refractivity contribution in [3.05, 3.63) is 23.4 Å². The number of hydrogen-bond acceptors (Lipinski definition) is 4. The number of nitrogens with zero attached hydrogens (tertiary/aromatic N) is 3. The van der Waals surface area contributed by atoms with Crippen LogP contribution >= 0.6 is 0 Å². The number of pyridine rings is 1. The van der Waals surface area contributed by atoms with Gasteiger partial charge >= 0.3 is 5.97 Å². The minimum absolute atomic E-state index is 0.332. The lowest BCUT2D eigenvalue weighted by molar-refractivity contribution is 0.0696. The van der Waals surface area contributed by atoms with Gasteiger partial charge in [-0.2, -0.15) is 0 Å². The molecule has 0 aromatic carbocycles. The fraction of sp³-hybridized carbons (Fsp3) is 0.600. The van der Waals surface area contributed by atoms with E-state index in [9.17, 15) is 9.90 Å². The third-order valence-electron chi connectivity index (χ3n) is 3.92. The molecule has 0 amide bonds. The van der Waals surface area contributed by atoms with Crippen LogP contribution in [0, 0.1) is 0 Å². The maximum absolute atomic E-state index is 11.2. The van der Waals surface area contributed by atoms with Gasteiger partial charge in [0.05, 0.1) is 5.56 Å². The molecule has 1 N–H and O–H groups in total. The van der Waals surface area contributed by atoms with E-state index in [4.69, 9.17) is 0 Å². The molecule has 1 aliphatic heterocycles. The molecule has 0 saturated carbocycles. The molecule has 110 valence electrons. The summed E-state index contributed by atoms with van der Waals surface area (Å²) in [4.78, 5) is 20.3. The first-order valence-electron chi connectivity index (χ1n) is 7.17. The number of carboxylic acid groups (broad SMARTS) is 1. The molecule has 0 spiro atoms. The zero-order chi connectivity index (χ0) is 14.7. The SMILES string of the molecule is CCc1cc(C(=O)O)cc(N2CCCC(N(C)C)C2)n1. The number of aromatic nitrogens is 1. The summed E-state index contributed by atoms with van der Waals surface area (Å²) in [6.45, 7) is 3.85. The molecule has 1 aromatic heterocycles. The van der Waals surface area contributed by atoms with Gasteiger partial charge in [0.15, 0.2) is 0 Å². The van der Waals surface area contributed by atoms with Crippen LogP contribution in [0.1, 0.15) is 35.8 Å². The molecule has 1 saturated heterocycles. The van der Waals surface area contributed by atoms with Gasteiger partial charge in [0.1, 0.15) is 5.82 Å². The molecule has 0 radical (unpaired) electrons. The van der Waals surface area contributed by atoms with Crippen LogP contribution in [-0.2, 0) is 6.42 Å². The molecule has 0 aliphatic carbocycles. The zero-order valence-corrected chi connectivity index (χ0v) is 12.5. The van der Waals surface area contributed by atoms with Gasteiger partial charge in [0.2, 0.25) is 0 Å². The van der Waals surface area contributed by atoms with Crippen molar-refractivity contribution in [1.82, 2.24) is 9.88 Å². The van der Waals surface area contributed by atoms with Crippen LogP contribution in [0.5, 0.6) is 0 Å². The van der Waals surface area contributed by atoms with E-state index in [1.165, 1.54) is 6.42 Å². The molecule has 1 unspecified atom stereocenters. The Bertz CT molecular complexity index is 488. The van der Waals surface area contributed by atoms with Crippen molar-refractivity contribution in [1.29, 1.82) is 0 Å². The zero-order valence-electron chi connectivity index (χ0n) is 12.5. The first-order chi connectivity index (χ1) is 9.51. The van der Waals surface area contributed by atoms with Crippen LogP contribution in [-0.4, -0.2) is 54.2 Å². The van der Waals surface area contributed by atoms with Crippen molar-refractivity contribution in [2.75, 3.05) is 32.1 Å². The highest BCUT2D eigenvalue weighted by Gasteiger charge is 2.23. The number of likely N-dealkylation sites (N-methyl/N-ethyl adjacent to an activating group) is 1. The van der Waals surface area contributed by atoms with E-state index in [1.807, 2.05) is 6.92 Å². The minimum atomic E-state index is -0.885. The summed E-state index contributed by atoms with van der Waals surface area (Å²) in [6, 6.07) is 3.86. The van der Waals surface area contributed by atoms with Crippen LogP contribution in [0.4, 0.5) is 5.82 Å². The molecule has 2 rings (SSSR count). The Morgan fingerprint density at radius 1 is 1.50 bits per heavy atom. The Kier molecular flexibility index (Phi) is 4.60. The van der Waals surface area contributed by atoms with E-state index in [0.717, 1.165) is 37.4 Å². The Balaban J connectivity index is 2.26. The van der Waals surface area contributed by atoms with E-state index in [-0.39, 0.29) is 0 Å². The van der Waals surface area contributed by atoms with Crippen molar-refractivity contribution < 1.29 is 9.90 Å². The van der Waals surface area contributed by atoms with Crippen LogP contribution in [0.15, 0.2) is 12.1 Å². The van der Waals surface area contributed by atoms with Gasteiger partial charge in [-0.1, -0.05) is 6.92 Å². The Hall–Kier alpha value is -1.62. The normalized spacial score (nSPS) is 19.4. The number of carboxylic acids is 1. The topological polar surface area (TPSA) is 56.7 Å². The number of carbonyl (C=O) groups is 1. The summed E-state index contributed by atoms with van der Waals surface area (Å²) >= 11 is 0. The van der Waals surface area contributed by atoms with Gasteiger partial charge in [-0.3, -0.25) is 0 Å². The monoisotopic (exact) mass is 277 g/mol. The third-order valence-corrected chi connectivity index (χ3v) is 3.92. The lowest BCUT2D eigenvalue weighted by Crippen LogP contribution is -2.45. The third kappa shape index (κ3) is 3.28. The highest BCUT2D eigenvalue weighted by Crippen LogP contribution is 2.22. The maximum Gasteiger partial charge on any atom is 0.335 e. The molecule has 5 nitrogen and oxygen atoms in total. The van der Waals surface area contributed by atoms with Crippen LogP contribution in [0.25, 0.3) is 0 Å². The highest BCUT2D eigenvalue weighted by atomic mass is 16.4. The van der Waals surface area contributed by atoms with Crippen LogP contribution < -0.4 is 4.90 Å². The molecular weight excluding hydrogens is 254 g/mol. The molecule has 2 heterocycles. The van der Waals surface area contributed by atoms with Gasteiger partial charge in [-0.15, -0.1) is 0 Å². The second kappa shape index (κ2) is 6.22. The van der Waals surface area contributed by atoms with E-state index in [0.29, 0.717) is 11.6 Å². The van der Waals surface area contributed by atoms with Crippen molar-refractivity contribution in [3.8, 4) is 0 Å². The number of aromatic carboxylic acids is 1. The molecule has 1 atom stereocenters. The number of hydrogen-bond donors (Lipinski definition) is 1. The lowest BCUT2D eigenvalue weighted by atomic mass is 10.0. The fourth-order valence-electron chi connectivity index (χ4n) is 2.62. The molecule has 1 fully saturated rings. The quantitative estimate of drug-likeness (QED) is 0.910. The van der Waals surface area contributed by atoms with E-state index in [2.05, 4.69) is 28.9 Å². The van der Waals surface area contributed by atoms with Gasteiger partial charge in [-0.25, -0.2) is 9.78 Å². The molecule has 1 aliphatic rings. The molecule has 1 aromatic rings. The Morgan fingerprint density at radius 3 is 2.85 bits per heavy atom. The maximum atomic E-state index is 11.2. The van der Waals surface area contributed by atoms with Crippen LogP contribution in [0.2, 0.25) is 0 Å². The minimum Gasteiger partial charge on any atom is -0.478 e. The van der Waals surface area contributed by atoms with Gasteiger partial charge in [0, 0.05) is 24.8 Å². The predicted octanol–water partition coefficient (Wildman–Crippen LogP) is 1.87. The molecule has 5 heteroatoms. The summed E-state index contributed by atoms with van der Waals surface area (Å²) in [7, 11) is 4.18. The number of piperidine rings is 1. The summed E-state index contributed by atoms with van der Waals surface area (Å²) in [5.41, 5.74) is 1.17. The smallest absolute Gasteiger partial charge is 0.335 e. The van der Waals surface area contributed by atoms with Gasteiger partial charge in [-0.05, 0) is 45.5 Å². The van der Waals surface area contributed by atoms with Crippen LogP contribution in [0.3, 0.4) is 0 Å². The van der Waals surface area contributed by atoms with Crippen molar-refractivity contribution in [2.24, 2.45) is 0 Å². The fourth-order valence-corrected chi connectivity index (χ4v) is 2.62. The largest absolute Gasteiger partial charge is 0.478 e. The number of anilines is 1. The summed E-state index contributed by atoms with van der Waals surface area (Å²) in [5.74, 6) is -0.0854. The Morgan fingerprint density at radius 2 is 2.25 bits per heavy atom. The predicted molar refractivity (Wildman–Crippen MR) is 79.5 cm³/mol. The molecular formula is C15H23N3O2. The first kappa shape index (κ1) is 14.8. The van der Waals surface area contributed by atoms with Gasteiger partial charge in [0.25, 0.3) is 0 Å². The molecule has 0 bridgehead atoms. The standard InChI is InChI=1S/C15H23N3O2/c1-4-12-8-11(15(19)20)9-14(16-12)18-7-5-6-13(10-18)17(2)3/h8-9,13H,4-7,10H2,1-3H3,(H,19,20). The first-order valence-corrected chi connectivity index (χ1v) is 7.17. The average molecular weight is 277 g/mol. The second-order valence-electron chi connectivity index (χ2n) is 5.57. The van der Waals surface area contributed by atoms with Gasteiger partial charge < -0.3 is 14.9 Å². The second-order valence-corrected chi connectivity index (χ2v) is 5.57. The summed E-state index contributed by atoms with van der Waals surface area (Å²) in [5, 5.41) is 9.21. The van der Waals surface area contributed by atoms with E-state index < -0.39 is 5.97 Å². The van der Waals surface area contributed by atoms with Crippen molar-refractivity contribution in [2.45, 2.75) is 32.2 Å². The number of aryl methyl sites for hydroxylation is 1. The Labute approximate surface area is 120 Å².